The largest absolute Gasteiger partial charge is 0.399 e. The third-order valence-electron chi connectivity index (χ3n) is 2.72. The first-order valence-corrected chi connectivity index (χ1v) is 6.84. The Bertz CT molecular complexity index is 686. The zero-order valence-electron chi connectivity index (χ0n) is 10.5. The molecule has 0 fully saturated rings. The minimum atomic E-state index is -0.399. The number of amides is 1. The second-order valence-electron chi connectivity index (χ2n) is 4.28. The number of aryl methyl sites for hydroxylation is 1. The number of hydrogen-bond donors (Lipinski definition) is 2. The summed E-state index contributed by atoms with van der Waals surface area (Å²) in [6.45, 7) is 1.88. The van der Waals surface area contributed by atoms with Gasteiger partial charge in [0.1, 0.15) is 0 Å². The van der Waals surface area contributed by atoms with Crippen molar-refractivity contribution in [1.82, 2.24) is 0 Å². The molecule has 0 aliphatic rings. The van der Waals surface area contributed by atoms with E-state index >= 15 is 0 Å². The lowest BCUT2D eigenvalue weighted by Crippen LogP contribution is -2.13. The number of anilines is 2. The highest BCUT2D eigenvalue weighted by Crippen LogP contribution is 2.29. The van der Waals surface area contributed by atoms with Crippen molar-refractivity contribution < 1.29 is 4.79 Å². The predicted molar refractivity (Wildman–Crippen MR) is 85.0 cm³/mol. The van der Waals surface area contributed by atoms with Crippen LogP contribution in [0.2, 0.25) is 15.1 Å². The lowest BCUT2D eigenvalue weighted by molar-refractivity contribution is 0.102. The van der Waals surface area contributed by atoms with E-state index in [0.717, 1.165) is 5.56 Å². The molecule has 2 aromatic carbocycles. The van der Waals surface area contributed by atoms with Crippen LogP contribution in [0, 0.1) is 6.92 Å². The summed E-state index contributed by atoms with van der Waals surface area (Å²) in [6, 6.07) is 8.19. The van der Waals surface area contributed by atoms with E-state index in [0.29, 0.717) is 16.4 Å². The molecule has 0 aliphatic carbocycles. The summed E-state index contributed by atoms with van der Waals surface area (Å²) in [7, 11) is 0. The molecule has 0 saturated carbocycles. The molecule has 0 heterocycles. The molecule has 104 valence electrons. The van der Waals surface area contributed by atoms with Crippen molar-refractivity contribution in [2.75, 3.05) is 11.1 Å². The zero-order chi connectivity index (χ0) is 14.9. The average Bonchev–Trinajstić information content (AvgIpc) is 2.38. The van der Waals surface area contributed by atoms with Crippen LogP contribution in [-0.4, -0.2) is 5.91 Å². The van der Waals surface area contributed by atoms with Gasteiger partial charge in [-0.1, -0.05) is 40.9 Å². The summed E-state index contributed by atoms with van der Waals surface area (Å²) in [4.78, 5) is 12.2. The van der Waals surface area contributed by atoms with Gasteiger partial charge < -0.3 is 11.1 Å². The smallest absolute Gasteiger partial charge is 0.257 e. The quantitative estimate of drug-likeness (QED) is 0.778. The van der Waals surface area contributed by atoms with E-state index in [1.165, 1.54) is 12.1 Å². The van der Waals surface area contributed by atoms with Crippen molar-refractivity contribution in [3.05, 3.63) is 56.5 Å². The fourth-order valence-electron chi connectivity index (χ4n) is 1.64. The van der Waals surface area contributed by atoms with E-state index < -0.39 is 5.91 Å². The first-order chi connectivity index (χ1) is 9.38. The summed E-state index contributed by atoms with van der Waals surface area (Å²) < 4.78 is 0. The van der Waals surface area contributed by atoms with Gasteiger partial charge in [-0.15, -0.1) is 0 Å². The fourth-order valence-corrected chi connectivity index (χ4v) is 2.25. The maximum absolute atomic E-state index is 12.2. The number of carbonyl (C=O) groups excluding carboxylic acids is 1. The molecule has 0 atom stereocenters. The highest BCUT2D eigenvalue weighted by Gasteiger charge is 2.14. The van der Waals surface area contributed by atoms with Crippen LogP contribution >= 0.6 is 34.8 Å². The van der Waals surface area contributed by atoms with E-state index in [4.69, 9.17) is 40.5 Å². The Morgan fingerprint density at radius 3 is 2.45 bits per heavy atom. The highest BCUT2D eigenvalue weighted by molar-refractivity contribution is 6.44. The Hall–Kier alpha value is -1.42. The second-order valence-corrected chi connectivity index (χ2v) is 5.47. The molecule has 2 rings (SSSR count). The molecule has 0 bridgehead atoms. The van der Waals surface area contributed by atoms with E-state index in [1.54, 1.807) is 12.1 Å². The van der Waals surface area contributed by atoms with Gasteiger partial charge in [-0.2, -0.15) is 0 Å². The number of nitrogen functional groups attached to an aromatic ring is 1. The van der Waals surface area contributed by atoms with E-state index in [9.17, 15) is 4.79 Å². The van der Waals surface area contributed by atoms with Gasteiger partial charge in [0, 0.05) is 16.4 Å². The molecule has 20 heavy (non-hydrogen) atoms. The highest BCUT2D eigenvalue weighted by atomic mass is 35.5. The van der Waals surface area contributed by atoms with Gasteiger partial charge in [0.2, 0.25) is 0 Å². The fraction of sp³-hybridized carbons (Fsp3) is 0.0714. The molecule has 0 unspecified atom stereocenters. The molecule has 0 saturated heterocycles. The molecule has 0 spiro atoms. The SMILES string of the molecule is Cc1ccc(NC(=O)c2cc(N)cc(Cl)c2Cl)cc1Cl. The Balaban J connectivity index is 2.30. The lowest BCUT2D eigenvalue weighted by atomic mass is 10.1. The predicted octanol–water partition coefficient (Wildman–Crippen LogP) is 4.79. The number of halogens is 3. The third kappa shape index (κ3) is 3.18. The second kappa shape index (κ2) is 5.92. The summed E-state index contributed by atoms with van der Waals surface area (Å²) in [6.07, 6.45) is 0. The summed E-state index contributed by atoms with van der Waals surface area (Å²) in [5, 5.41) is 3.67. The average molecular weight is 330 g/mol. The molecule has 0 aromatic heterocycles. The van der Waals surface area contributed by atoms with Gasteiger partial charge in [0.05, 0.1) is 15.6 Å². The number of rotatable bonds is 2. The van der Waals surface area contributed by atoms with Gasteiger partial charge in [-0.25, -0.2) is 0 Å². The molecule has 3 N–H and O–H groups in total. The van der Waals surface area contributed by atoms with Crippen molar-refractivity contribution in [2.45, 2.75) is 6.92 Å². The lowest BCUT2D eigenvalue weighted by Gasteiger charge is -2.10. The number of benzene rings is 2. The summed E-state index contributed by atoms with van der Waals surface area (Å²) in [5.41, 5.74) is 7.74. The monoisotopic (exact) mass is 328 g/mol. The number of nitrogens with one attached hydrogen (secondary N) is 1. The first-order valence-electron chi connectivity index (χ1n) is 5.70. The number of carbonyl (C=O) groups is 1. The van der Waals surface area contributed by atoms with Crippen molar-refractivity contribution in [2.24, 2.45) is 0 Å². The van der Waals surface area contributed by atoms with E-state index in [2.05, 4.69) is 5.32 Å². The Labute approximate surface area is 131 Å². The van der Waals surface area contributed by atoms with Gasteiger partial charge in [0.15, 0.2) is 0 Å². The van der Waals surface area contributed by atoms with Gasteiger partial charge >= 0.3 is 0 Å². The van der Waals surface area contributed by atoms with Crippen LogP contribution in [0.1, 0.15) is 15.9 Å². The van der Waals surface area contributed by atoms with Crippen molar-refractivity contribution in [3.63, 3.8) is 0 Å². The van der Waals surface area contributed by atoms with Crippen LogP contribution in [0.5, 0.6) is 0 Å². The minimum Gasteiger partial charge on any atom is -0.399 e. The molecule has 2 aromatic rings. The van der Waals surface area contributed by atoms with Crippen molar-refractivity contribution >= 4 is 52.1 Å². The van der Waals surface area contributed by atoms with Crippen molar-refractivity contribution in [3.8, 4) is 0 Å². The van der Waals surface area contributed by atoms with Crippen LogP contribution in [0.15, 0.2) is 30.3 Å². The topological polar surface area (TPSA) is 55.1 Å². The summed E-state index contributed by atoms with van der Waals surface area (Å²) in [5.74, 6) is -0.399. The van der Waals surface area contributed by atoms with E-state index in [1.807, 2.05) is 13.0 Å². The summed E-state index contributed by atoms with van der Waals surface area (Å²) >= 11 is 17.9. The van der Waals surface area contributed by atoms with Gasteiger partial charge in [0.25, 0.3) is 5.91 Å². The van der Waals surface area contributed by atoms with Gasteiger partial charge in [-0.05, 0) is 36.8 Å². The van der Waals surface area contributed by atoms with Crippen LogP contribution in [-0.2, 0) is 0 Å². The van der Waals surface area contributed by atoms with Crippen molar-refractivity contribution in [1.29, 1.82) is 0 Å². The Morgan fingerprint density at radius 1 is 1.10 bits per heavy atom. The van der Waals surface area contributed by atoms with Crippen LogP contribution in [0.3, 0.4) is 0 Å². The van der Waals surface area contributed by atoms with Crippen LogP contribution < -0.4 is 11.1 Å². The molecule has 0 radical (unpaired) electrons. The Kier molecular flexibility index (Phi) is 4.43. The standard InChI is InChI=1S/C14H11Cl3N2O/c1-7-2-3-9(6-11(7)15)19-14(20)10-4-8(18)5-12(16)13(10)17/h2-6H,18H2,1H3,(H,19,20). The van der Waals surface area contributed by atoms with Gasteiger partial charge in [-0.3, -0.25) is 4.79 Å². The van der Waals surface area contributed by atoms with Crippen LogP contribution in [0.4, 0.5) is 11.4 Å². The number of nitrogens with two attached hydrogens (primary N) is 1. The maximum atomic E-state index is 12.2. The molecule has 3 nitrogen and oxygen atoms in total. The van der Waals surface area contributed by atoms with Crippen LogP contribution in [0.25, 0.3) is 0 Å². The first kappa shape index (κ1) is 15.0. The maximum Gasteiger partial charge on any atom is 0.257 e. The third-order valence-corrected chi connectivity index (χ3v) is 3.93. The number of hydrogen-bond acceptors (Lipinski definition) is 2. The molecule has 6 heteroatoms. The normalized spacial score (nSPS) is 10.4. The Morgan fingerprint density at radius 2 is 1.80 bits per heavy atom. The molecule has 1 amide bonds. The molecular formula is C14H11Cl3N2O. The minimum absolute atomic E-state index is 0.163. The zero-order valence-corrected chi connectivity index (χ0v) is 12.8. The molecular weight excluding hydrogens is 319 g/mol. The van der Waals surface area contributed by atoms with E-state index in [-0.39, 0.29) is 15.6 Å². The molecule has 0 aliphatic heterocycles.